The number of hydrogen-bond acceptors (Lipinski definition) is 3. The van der Waals surface area contributed by atoms with Crippen LogP contribution in [0.5, 0.6) is 0 Å². The SMILES string of the molecule is CC1(C)OB([C@@H]2C[C@H]2CO[Si](c2ccccc2)(c2ccccc2)C(C)(C)C)OC1(C)C. The molecule has 1 saturated carbocycles. The van der Waals surface area contributed by atoms with Gasteiger partial charge in [0, 0.05) is 6.61 Å². The highest BCUT2D eigenvalue weighted by Crippen LogP contribution is 2.53. The summed E-state index contributed by atoms with van der Waals surface area (Å²) < 4.78 is 19.8. The average Bonchev–Trinajstić information content (AvgIpc) is 3.43. The van der Waals surface area contributed by atoms with Crippen molar-refractivity contribution in [3.8, 4) is 0 Å². The predicted molar refractivity (Wildman–Crippen MR) is 132 cm³/mol. The molecule has 0 N–H and O–H groups in total. The molecule has 1 heterocycles. The highest BCUT2D eigenvalue weighted by molar-refractivity contribution is 6.99. The Bertz CT molecular complexity index is 836. The molecule has 5 heteroatoms. The third-order valence-corrected chi connectivity index (χ3v) is 12.5. The van der Waals surface area contributed by atoms with E-state index >= 15 is 0 Å². The number of benzene rings is 2. The van der Waals surface area contributed by atoms with Crippen LogP contribution in [0.3, 0.4) is 0 Å². The van der Waals surface area contributed by atoms with Crippen LogP contribution in [0.4, 0.5) is 0 Å². The topological polar surface area (TPSA) is 27.7 Å². The summed E-state index contributed by atoms with van der Waals surface area (Å²) in [4.78, 5) is 0. The second-order valence-electron chi connectivity index (χ2n) is 11.3. The molecule has 2 fully saturated rings. The molecule has 4 rings (SSSR count). The van der Waals surface area contributed by atoms with E-state index in [1.54, 1.807) is 0 Å². The highest BCUT2D eigenvalue weighted by Gasteiger charge is 2.60. The van der Waals surface area contributed by atoms with Gasteiger partial charge in [0.05, 0.1) is 11.2 Å². The number of hydrogen-bond donors (Lipinski definition) is 0. The van der Waals surface area contributed by atoms with Crippen molar-refractivity contribution >= 4 is 25.8 Å². The van der Waals surface area contributed by atoms with Gasteiger partial charge >= 0.3 is 7.12 Å². The Morgan fingerprint density at radius 3 is 1.74 bits per heavy atom. The Labute approximate surface area is 189 Å². The lowest BCUT2D eigenvalue weighted by Gasteiger charge is -2.43. The van der Waals surface area contributed by atoms with Gasteiger partial charge in [-0.15, -0.1) is 0 Å². The summed E-state index contributed by atoms with van der Waals surface area (Å²) in [6.45, 7) is 16.3. The summed E-state index contributed by atoms with van der Waals surface area (Å²) in [5.41, 5.74) is -0.548. The quantitative estimate of drug-likeness (QED) is 0.594. The average molecular weight is 436 g/mol. The van der Waals surface area contributed by atoms with Crippen molar-refractivity contribution in [2.24, 2.45) is 5.92 Å². The molecule has 2 aromatic carbocycles. The van der Waals surface area contributed by atoms with Gasteiger partial charge in [0.15, 0.2) is 0 Å². The first-order chi connectivity index (χ1) is 14.5. The van der Waals surface area contributed by atoms with Crippen LogP contribution in [-0.2, 0) is 13.7 Å². The van der Waals surface area contributed by atoms with E-state index < -0.39 is 8.32 Å². The fraction of sp³-hybridized carbons (Fsp3) is 0.538. The summed E-state index contributed by atoms with van der Waals surface area (Å²) in [5.74, 6) is 0.899. The minimum absolute atomic E-state index is 0.00440. The van der Waals surface area contributed by atoms with Gasteiger partial charge in [-0.3, -0.25) is 0 Å². The van der Waals surface area contributed by atoms with Gasteiger partial charge in [-0.2, -0.15) is 0 Å². The van der Waals surface area contributed by atoms with E-state index in [-0.39, 0.29) is 23.4 Å². The zero-order valence-electron chi connectivity index (χ0n) is 20.1. The van der Waals surface area contributed by atoms with Crippen LogP contribution in [0.2, 0.25) is 10.9 Å². The standard InChI is InChI=1S/C26H37BO3Si/c1-24(2,3)31(21-14-10-8-11-15-21,22-16-12-9-13-17-22)28-19-20-18-23(20)27-29-25(4,5)26(6,7)30-27/h8-17,20,23H,18-19H2,1-7H3/t20-,23+/m0/s1. The van der Waals surface area contributed by atoms with Crippen LogP contribution in [-0.4, -0.2) is 33.2 Å². The van der Waals surface area contributed by atoms with E-state index in [1.165, 1.54) is 10.4 Å². The van der Waals surface area contributed by atoms with E-state index in [4.69, 9.17) is 13.7 Å². The van der Waals surface area contributed by atoms with Gasteiger partial charge in [-0.25, -0.2) is 0 Å². The molecule has 0 amide bonds. The van der Waals surface area contributed by atoms with Crippen LogP contribution in [0.1, 0.15) is 54.9 Å². The Hall–Kier alpha value is -1.40. The maximum Gasteiger partial charge on any atom is 0.461 e. The minimum atomic E-state index is -2.48. The van der Waals surface area contributed by atoms with Crippen molar-refractivity contribution in [2.45, 2.75) is 76.9 Å². The maximum absolute atomic E-state index is 7.11. The first kappa shape index (κ1) is 22.8. The summed E-state index contributed by atoms with van der Waals surface area (Å²) in [6.07, 6.45) is 1.11. The van der Waals surface area contributed by atoms with Crippen molar-refractivity contribution in [1.82, 2.24) is 0 Å². The fourth-order valence-electron chi connectivity index (χ4n) is 4.85. The van der Waals surface area contributed by atoms with Crippen molar-refractivity contribution in [3.63, 3.8) is 0 Å². The van der Waals surface area contributed by atoms with Gasteiger partial charge in [0.1, 0.15) is 0 Å². The first-order valence-electron chi connectivity index (χ1n) is 11.6. The molecule has 3 nitrogen and oxygen atoms in total. The fourth-order valence-corrected chi connectivity index (χ4v) is 9.47. The second kappa shape index (κ2) is 7.88. The molecular formula is C26H37BO3Si. The summed E-state index contributed by atoms with van der Waals surface area (Å²) in [7, 11) is -2.61. The summed E-state index contributed by atoms with van der Waals surface area (Å²) in [6, 6.07) is 21.7. The lowest BCUT2D eigenvalue weighted by molar-refractivity contribution is 0.00578. The molecule has 1 aliphatic carbocycles. The van der Waals surface area contributed by atoms with E-state index in [1.807, 2.05) is 0 Å². The van der Waals surface area contributed by atoms with Crippen LogP contribution in [0.25, 0.3) is 0 Å². The van der Waals surface area contributed by atoms with Crippen LogP contribution in [0, 0.1) is 5.92 Å². The van der Waals surface area contributed by atoms with Gasteiger partial charge in [0.25, 0.3) is 8.32 Å². The molecule has 2 aromatic rings. The van der Waals surface area contributed by atoms with Crippen molar-refractivity contribution in [2.75, 3.05) is 6.61 Å². The summed E-state index contributed by atoms with van der Waals surface area (Å²) >= 11 is 0. The third-order valence-electron chi connectivity index (χ3n) is 7.53. The van der Waals surface area contributed by atoms with E-state index in [2.05, 4.69) is 109 Å². The lowest BCUT2D eigenvalue weighted by atomic mass is 9.81. The monoisotopic (exact) mass is 436 g/mol. The molecule has 2 atom stereocenters. The van der Waals surface area contributed by atoms with Crippen LogP contribution in [0.15, 0.2) is 60.7 Å². The molecule has 0 bridgehead atoms. The molecule has 0 spiro atoms. The molecule has 2 aliphatic rings. The van der Waals surface area contributed by atoms with Gasteiger partial charge in [-0.05, 0) is 61.3 Å². The van der Waals surface area contributed by atoms with Gasteiger partial charge in [-0.1, -0.05) is 81.4 Å². The van der Waals surface area contributed by atoms with E-state index in [9.17, 15) is 0 Å². The van der Waals surface area contributed by atoms with Gasteiger partial charge < -0.3 is 13.7 Å². The Kier molecular flexibility index (Phi) is 5.79. The largest absolute Gasteiger partial charge is 0.461 e. The highest BCUT2D eigenvalue weighted by atomic mass is 28.4. The van der Waals surface area contributed by atoms with Crippen LogP contribution >= 0.6 is 0 Å². The van der Waals surface area contributed by atoms with Crippen LogP contribution < -0.4 is 10.4 Å². The number of rotatable bonds is 6. The normalized spacial score (nSPS) is 24.9. The van der Waals surface area contributed by atoms with Crippen molar-refractivity contribution < 1.29 is 13.7 Å². The van der Waals surface area contributed by atoms with Crippen molar-refractivity contribution in [1.29, 1.82) is 0 Å². The molecule has 1 saturated heterocycles. The first-order valence-corrected chi connectivity index (χ1v) is 13.5. The molecule has 0 radical (unpaired) electrons. The maximum atomic E-state index is 7.11. The zero-order chi connectivity index (χ0) is 22.5. The second-order valence-corrected chi connectivity index (χ2v) is 15.6. The van der Waals surface area contributed by atoms with Gasteiger partial charge in [0.2, 0.25) is 0 Å². The minimum Gasteiger partial charge on any atom is -0.407 e. The molecule has 0 unspecified atom stereocenters. The Morgan fingerprint density at radius 2 is 1.32 bits per heavy atom. The zero-order valence-corrected chi connectivity index (χ0v) is 21.1. The van der Waals surface area contributed by atoms with Crippen molar-refractivity contribution in [3.05, 3.63) is 60.7 Å². The third kappa shape index (κ3) is 4.06. The predicted octanol–water partition coefficient (Wildman–Crippen LogP) is 5.05. The smallest absolute Gasteiger partial charge is 0.407 e. The molecule has 31 heavy (non-hydrogen) atoms. The molecule has 166 valence electrons. The molecule has 0 aromatic heterocycles. The molecule has 1 aliphatic heterocycles. The van der Waals surface area contributed by atoms with E-state index in [0.717, 1.165) is 13.0 Å². The molecular weight excluding hydrogens is 399 g/mol. The summed E-state index contributed by atoms with van der Waals surface area (Å²) in [5, 5.41) is 2.67. The van der Waals surface area contributed by atoms with E-state index in [0.29, 0.717) is 11.7 Å². The lowest BCUT2D eigenvalue weighted by Crippen LogP contribution is -2.66. The Morgan fingerprint density at radius 1 is 0.871 bits per heavy atom. The Balaban J connectivity index is 1.58.